The van der Waals surface area contributed by atoms with Crippen molar-refractivity contribution in [2.24, 2.45) is 4.99 Å². The minimum absolute atomic E-state index is 0.331. The van der Waals surface area contributed by atoms with Gasteiger partial charge >= 0.3 is 0 Å². The standard InChI is InChI=1S/C12H15NO3/c1-8-5-10(15-3)12(9(2)13-7-14)11(6-8)16-4/h5-6,9H,1-4H3. The van der Waals surface area contributed by atoms with E-state index in [1.165, 1.54) is 0 Å². The minimum atomic E-state index is -0.331. The third-order valence-electron chi connectivity index (χ3n) is 2.35. The largest absolute Gasteiger partial charge is 0.496 e. The first-order chi connectivity index (χ1) is 7.63. The van der Waals surface area contributed by atoms with Crippen LogP contribution in [0.25, 0.3) is 0 Å². The van der Waals surface area contributed by atoms with E-state index in [-0.39, 0.29) is 6.04 Å². The Kier molecular flexibility index (Phi) is 4.09. The average Bonchev–Trinajstić information content (AvgIpc) is 2.27. The van der Waals surface area contributed by atoms with Gasteiger partial charge in [-0.1, -0.05) is 0 Å². The molecular weight excluding hydrogens is 206 g/mol. The van der Waals surface area contributed by atoms with Gasteiger partial charge in [0.05, 0.1) is 25.8 Å². The molecule has 0 aromatic heterocycles. The van der Waals surface area contributed by atoms with Gasteiger partial charge in [0.2, 0.25) is 6.08 Å². The second-order valence-electron chi connectivity index (χ2n) is 3.48. The van der Waals surface area contributed by atoms with E-state index in [2.05, 4.69) is 4.99 Å². The number of methoxy groups -OCH3 is 2. The summed E-state index contributed by atoms with van der Waals surface area (Å²) in [7, 11) is 3.16. The zero-order valence-corrected chi connectivity index (χ0v) is 9.90. The number of hydrogen-bond donors (Lipinski definition) is 0. The van der Waals surface area contributed by atoms with Crippen LogP contribution in [0.5, 0.6) is 11.5 Å². The quantitative estimate of drug-likeness (QED) is 0.579. The highest BCUT2D eigenvalue weighted by Gasteiger charge is 2.17. The Labute approximate surface area is 94.9 Å². The van der Waals surface area contributed by atoms with Crippen molar-refractivity contribution in [1.82, 2.24) is 0 Å². The monoisotopic (exact) mass is 221 g/mol. The Bertz CT molecular complexity index is 397. The zero-order chi connectivity index (χ0) is 12.1. The lowest BCUT2D eigenvalue weighted by molar-refractivity contribution is 0.380. The number of aryl methyl sites for hydroxylation is 1. The molecule has 0 radical (unpaired) electrons. The van der Waals surface area contributed by atoms with Crippen LogP contribution in [0, 0.1) is 6.92 Å². The Hall–Kier alpha value is -1.80. The lowest BCUT2D eigenvalue weighted by Gasteiger charge is -2.16. The summed E-state index contributed by atoms with van der Waals surface area (Å²) in [6.45, 7) is 3.74. The van der Waals surface area contributed by atoms with Crippen LogP contribution in [0.4, 0.5) is 0 Å². The fourth-order valence-electron chi connectivity index (χ4n) is 1.63. The molecule has 1 aromatic carbocycles. The third-order valence-corrected chi connectivity index (χ3v) is 2.35. The Balaban J connectivity index is 3.37. The summed E-state index contributed by atoms with van der Waals surface area (Å²) in [6.07, 6.45) is 1.55. The summed E-state index contributed by atoms with van der Waals surface area (Å²) in [5, 5.41) is 0. The Morgan fingerprint density at radius 1 is 1.25 bits per heavy atom. The van der Waals surface area contributed by atoms with E-state index in [1.807, 2.05) is 19.1 Å². The van der Waals surface area contributed by atoms with Gasteiger partial charge in [-0.25, -0.2) is 4.79 Å². The molecule has 0 aliphatic carbocycles. The molecule has 1 aromatic rings. The van der Waals surface area contributed by atoms with E-state index in [1.54, 1.807) is 27.2 Å². The van der Waals surface area contributed by atoms with Crippen molar-refractivity contribution in [3.05, 3.63) is 23.3 Å². The molecule has 0 N–H and O–H groups in total. The second-order valence-corrected chi connectivity index (χ2v) is 3.48. The van der Waals surface area contributed by atoms with E-state index < -0.39 is 0 Å². The van der Waals surface area contributed by atoms with Gasteiger partial charge in [0.25, 0.3) is 0 Å². The van der Waals surface area contributed by atoms with E-state index in [0.29, 0.717) is 11.5 Å². The molecule has 1 atom stereocenters. The van der Waals surface area contributed by atoms with Gasteiger partial charge in [-0.3, -0.25) is 0 Å². The number of hydrogen-bond acceptors (Lipinski definition) is 4. The maximum Gasteiger partial charge on any atom is 0.235 e. The highest BCUT2D eigenvalue weighted by molar-refractivity contribution is 5.50. The van der Waals surface area contributed by atoms with Crippen LogP contribution in [0.15, 0.2) is 17.1 Å². The van der Waals surface area contributed by atoms with Crippen molar-refractivity contribution in [2.75, 3.05) is 14.2 Å². The van der Waals surface area contributed by atoms with Crippen molar-refractivity contribution in [3.8, 4) is 11.5 Å². The molecule has 0 aliphatic rings. The molecule has 1 unspecified atom stereocenters. The summed E-state index contributed by atoms with van der Waals surface area (Å²) in [6, 6.07) is 3.44. The summed E-state index contributed by atoms with van der Waals surface area (Å²) in [5.41, 5.74) is 1.79. The van der Waals surface area contributed by atoms with E-state index in [4.69, 9.17) is 9.47 Å². The van der Waals surface area contributed by atoms with Gasteiger partial charge in [-0.05, 0) is 31.5 Å². The lowest BCUT2D eigenvalue weighted by Crippen LogP contribution is -2.00. The maximum atomic E-state index is 10.3. The first kappa shape index (κ1) is 12.3. The highest BCUT2D eigenvalue weighted by atomic mass is 16.5. The number of carbonyl (C=O) groups excluding carboxylic acids is 1. The highest BCUT2D eigenvalue weighted by Crippen LogP contribution is 2.36. The zero-order valence-electron chi connectivity index (χ0n) is 9.90. The first-order valence-electron chi connectivity index (χ1n) is 4.93. The summed E-state index contributed by atoms with van der Waals surface area (Å²) < 4.78 is 10.5. The molecule has 0 aliphatic heterocycles. The number of aliphatic imine (C=N–C) groups is 1. The van der Waals surface area contributed by atoms with Crippen molar-refractivity contribution in [3.63, 3.8) is 0 Å². The van der Waals surface area contributed by atoms with Crippen molar-refractivity contribution in [1.29, 1.82) is 0 Å². The van der Waals surface area contributed by atoms with Gasteiger partial charge in [-0.2, -0.15) is 4.99 Å². The number of nitrogens with zero attached hydrogens (tertiary/aromatic N) is 1. The molecule has 4 heteroatoms. The fraction of sp³-hybridized carbons (Fsp3) is 0.417. The number of benzene rings is 1. The first-order valence-corrected chi connectivity index (χ1v) is 4.93. The van der Waals surface area contributed by atoms with Gasteiger partial charge in [0, 0.05) is 0 Å². The average molecular weight is 221 g/mol. The van der Waals surface area contributed by atoms with Crippen LogP contribution in [-0.2, 0) is 4.79 Å². The normalized spacial score (nSPS) is 11.5. The van der Waals surface area contributed by atoms with Crippen LogP contribution >= 0.6 is 0 Å². The second kappa shape index (κ2) is 5.33. The Morgan fingerprint density at radius 2 is 1.75 bits per heavy atom. The molecule has 0 saturated heterocycles. The molecule has 0 fully saturated rings. The van der Waals surface area contributed by atoms with Crippen molar-refractivity contribution in [2.45, 2.75) is 19.9 Å². The fourth-order valence-corrected chi connectivity index (χ4v) is 1.63. The van der Waals surface area contributed by atoms with Gasteiger partial charge in [0.1, 0.15) is 11.5 Å². The molecule has 0 spiro atoms. The van der Waals surface area contributed by atoms with Crippen molar-refractivity contribution >= 4 is 6.08 Å². The molecule has 0 saturated carbocycles. The van der Waals surface area contributed by atoms with Gasteiger partial charge in [0.15, 0.2) is 0 Å². The predicted molar refractivity (Wildman–Crippen MR) is 60.8 cm³/mol. The minimum Gasteiger partial charge on any atom is -0.496 e. The lowest BCUT2D eigenvalue weighted by atomic mass is 10.0. The van der Waals surface area contributed by atoms with Crippen LogP contribution in [0.1, 0.15) is 24.1 Å². The molecule has 0 amide bonds. The van der Waals surface area contributed by atoms with Crippen LogP contribution in [-0.4, -0.2) is 20.3 Å². The van der Waals surface area contributed by atoms with Gasteiger partial charge < -0.3 is 9.47 Å². The van der Waals surface area contributed by atoms with Crippen LogP contribution in [0.2, 0.25) is 0 Å². The summed E-state index contributed by atoms with van der Waals surface area (Å²) >= 11 is 0. The van der Waals surface area contributed by atoms with Crippen LogP contribution < -0.4 is 9.47 Å². The van der Waals surface area contributed by atoms with E-state index in [9.17, 15) is 4.79 Å². The number of isocyanates is 1. The molecular formula is C12H15NO3. The maximum absolute atomic E-state index is 10.3. The molecule has 16 heavy (non-hydrogen) atoms. The smallest absolute Gasteiger partial charge is 0.235 e. The number of ether oxygens (including phenoxy) is 2. The summed E-state index contributed by atoms with van der Waals surface area (Å²) in [5.74, 6) is 1.34. The van der Waals surface area contributed by atoms with E-state index in [0.717, 1.165) is 11.1 Å². The SMILES string of the molecule is COc1cc(C)cc(OC)c1C(C)N=C=O. The Morgan fingerprint density at radius 3 is 2.12 bits per heavy atom. The topological polar surface area (TPSA) is 47.9 Å². The van der Waals surface area contributed by atoms with Crippen LogP contribution in [0.3, 0.4) is 0 Å². The van der Waals surface area contributed by atoms with Crippen molar-refractivity contribution < 1.29 is 14.3 Å². The molecule has 4 nitrogen and oxygen atoms in total. The predicted octanol–water partition coefficient (Wildman–Crippen LogP) is 2.41. The molecule has 0 bridgehead atoms. The molecule has 86 valence electrons. The van der Waals surface area contributed by atoms with E-state index >= 15 is 0 Å². The van der Waals surface area contributed by atoms with Gasteiger partial charge in [-0.15, -0.1) is 0 Å². The molecule has 1 rings (SSSR count). The molecule has 0 heterocycles. The third kappa shape index (κ3) is 2.41. The number of rotatable bonds is 4. The summed E-state index contributed by atoms with van der Waals surface area (Å²) in [4.78, 5) is 14.0.